The van der Waals surface area contributed by atoms with E-state index in [1.165, 1.54) is 0 Å². The van der Waals surface area contributed by atoms with Crippen LogP contribution in [0.15, 0.2) is 84.9 Å². The molecule has 0 bridgehead atoms. The standard InChI is InChI=1S/C38H42N8O2/c1-23(21-45(3)4)39-37(47)27-11-7-25(8-12-27)35-41-31-17-15-29(19-33(31)43-35)30-16-18-32-34(20-30)44-36(42-32)26-9-13-28(14-10-26)38(48)40-24(2)22-46(5)6/h7-20,23-24H,21-22H2,1-6H3,(H,39,47)(H,40,48)(H,41,43)(H,42,44)/t23-,24-/m1/s1. The summed E-state index contributed by atoms with van der Waals surface area (Å²) in [4.78, 5) is 46.0. The summed E-state index contributed by atoms with van der Waals surface area (Å²) in [5.74, 6) is 1.31. The van der Waals surface area contributed by atoms with Crippen molar-refractivity contribution in [3.8, 4) is 33.9 Å². The van der Waals surface area contributed by atoms with E-state index in [2.05, 4.69) is 44.9 Å². The van der Waals surface area contributed by atoms with E-state index < -0.39 is 0 Å². The highest BCUT2D eigenvalue weighted by Gasteiger charge is 2.14. The molecule has 0 spiro atoms. The lowest BCUT2D eigenvalue weighted by Crippen LogP contribution is -2.39. The Morgan fingerprint density at radius 3 is 1.29 bits per heavy atom. The molecule has 48 heavy (non-hydrogen) atoms. The van der Waals surface area contributed by atoms with Crippen LogP contribution >= 0.6 is 0 Å². The molecule has 2 atom stereocenters. The SMILES string of the molecule is C[C@H](CN(C)C)NC(=O)c1ccc(-c2nc3cc(-c4ccc5[nH]c(-c6ccc(C(=O)N[C@H](C)CN(C)C)cc6)nc5c4)ccc3[nH]2)cc1. The van der Waals surface area contributed by atoms with Crippen molar-refractivity contribution in [2.24, 2.45) is 0 Å². The van der Waals surface area contributed by atoms with E-state index in [0.717, 1.165) is 69.1 Å². The third-order valence-electron chi connectivity index (χ3n) is 8.17. The molecule has 4 aromatic carbocycles. The molecule has 0 saturated carbocycles. The maximum atomic E-state index is 12.7. The Morgan fingerprint density at radius 1 is 0.583 bits per heavy atom. The van der Waals surface area contributed by atoms with Crippen LogP contribution in [-0.4, -0.2) is 94.9 Å². The first-order valence-corrected chi connectivity index (χ1v) is 16.1. The normalized spacial score (nSPS) is 12.9. The number of H-pyrrole nitrogens is 2. The number of aromatic amines is 2. The lowest BCUT2D eigenvalue weighted by molar-refractivity contribution is 0.0925. The number of amides is 2. The van der Waals surface area contributed by atoms with Crippen LogP contribution in [0.1, 0.15) is 34.6 Å². The van der Waals surface area contributed by atoms with E-state index in [-0.39, 0.29) is 23.9 Å². The minimum absolute atomic E-state index is 0.0491. The van der Waals surface area contributed by atoms with Crippen molar-refractivity contribution in [2.75, 3.05) is 41.3 Å². The highest BCUT2D eigenvalue weighted by molar-refractivity contribution is 5.96. The monoisotopic (exact) mass is 642 g/mol. The lowest BCUT2D eigenvalue weighted by Gasteiger charge is -2.18. The van der Waals surface area contributed by atoms with E-state index in [0.29, 0.717) is 11.1 Å². The average molecular weight is 643 g/mol. The number of likely N-dealkylation sites (N-methyl/N-ethyl adjacent to an activating group) is 2. The number of hydrogen-bond acceptors (Lipinski definition) is 6. The minimum Gasteiger partial charge on any atom is -0.348 e. The molecule has 6 aromatic rings. The second kappa shape index (κ2) is 13.8. The smallest absolute Gasteiger partial charge is 0.251 e. The molecule has 0 aliphatic carbocycles. The Morgan fingerprint density at radius 2 is 0.938 bits per heavy atom. The number of benzene rings is 4. The van der Waals surface area contributed by atoms with Crippen molar-refractivity contribution in [2.45, 2.75) is 25.9 Å². The molecule has 0 fully saturated rings. The largest absolute Gasteiger partial charge is 0.348 e. The van der Waals surface area contributed by atoms with Crippen molar-refractivity contribution >= 4 is 33.9 Å². The van der Waals surface area contributed by atoms with Crippen LogP contribution in [0.4, 0.5) is 0 Å². The van der Waals surface area contributed by atoms with Gasteiger partial charge in [-0.3, -0.25) is 9.59 Å². The molecule has 0 aliphatic heterocycles. The third kappa shape index (κ3) is 7.46. The molecule has 10 heteroatoms. The van der Waals surface area contributed by atoms with Crippen LogP contribution in [0.25, 0.3) is 56.0 Å². The van der Waals surface area contributed by atoms with Gasteiger partial charge >= 0.3 is 0 Å². The number of imidazole rings is 2. The second-order valence-electron chi connectivity index (χ2n) is 13.1. The van der Waals surface area contributed by atoms with Crippen LogP contribution in [0.2, 0.25) is 0 Å². The number of carbonyl (C=O) groups excluding carboxylic acids is 2. The maximum Gasteiger partial charge on any atom is 0.251 e. The molecule has 2 aromatic heterocycles. The van der Waals surface area contributed by atoms with Crippen LogP contribution < -0.4 is 10.6 Å². The summed E-state index contributed by atoms with van der Waals surface area (Å²) < 4.78 is 0. The molecule has 4 N–H and O–H groups in total. The van der Waals surface area contributed by atoms with E-state index in [4.69, 9.17) is 9.97 Å². The van der Waals surface area contributed by atoms with Crippen molar-refractivity contribution in [1.29, 1.82) is 0 Å². The number of carbonyl (C=O) groups is 2. The fraction of sp³-hybridized carbons (Fsp3) is 0.263. The lowest BCUT2D eigenvalue weighted by atomic mass is 10.0. The van der Waals surface area contributed by atoms with Gasteiger partial charge in [0.05, 0.1) is 22.1 Å². The average Bonchev–Trinajstić information content (AvgIpc) is 3.68. The van der Waals surface area contributed by atoms with Gasteiger partial charge < -0.3 is 30.4 Å². The Labute approximate surface area is 280 Å². The molecule has 0 aliphatic rings. The van der Waals surface area contributed by atoms with E-state index >= 15 is 0 Å². The summed E-state index contributed by atoms with van der Waals surface area (Å²) in [5.41, 5.74) is 8.67. The van der Waals surface area contributed by atoms with Crippen molar-refractivity contribution in [3.05, 3.63) is 96.1 Å². The zero-order chi connectivity index (χ0) is 33.9. The van der Waals surface area contributed by atoms with Gasteiger partial charge in [0.25, 0.3) is 11.8 Å². The molecule has 246 valence electrons. The molecular formula is C38H42N8O2. The Balaban J connectivity index is 1.16. The number of hydrogen-bond donors (Lipinski definition) is 4. The fourth-order valence-electron chi connectivity index (χ4n) is 6.00. The zero-order valence-electron chi connectivity index (χ0n) is 28.3. The number of fused-ring (bicyclic) bond motifs is 2. The minimum atomic E-state index is -0.0885. The summed E-state index contributed by atoms with van der Waals surface area (Å²) in [6, 6.07) is 27.5. The molecule has 2 heterocycles. The van der Waals surface area contributed by atoms with Gasteiger partial charge in [0.1, 0.15) is 11.6 Å². The molecule has 0 radical (unpaired) electrons. The second-order valence-corrected chi connectivity index (χ2v) is 13.1. The summed E-state index contributed by atoms with van der Waals surface area (Å²) >= 11 is 0. The predicted octanol–water partition coefficient (Wildman–Crippen LogP) is 5.80. The van der Waals surface area contributed by atoms with Crippen molar-refractivity contribution < 1.29 is 9.59 Å². The van der Waals surface area contributed by atoms with Crippen LogP contribution in [0.5, 0.6) is 0 Å². The van der Waals surface area contributed by atoms with Crippen LogP contribution in [-0.2, 0) is 0 Å². The van der Waals surface area contributed by atoms with Gasteiger partial charge in [0.15, 0.2) is 0 Å². The van der Waals surface area contributed by atoms with Gasteiger partial charge in [-0.05, 0) is 102 Å². The molecule has 0 saturated heterocycles. The van der Waals surface area contributed by atoms with Gasteiger partial charge in [-0.1, -0.05) is 36.4 Å². The van der Waals surface area contributed by atoms with Crippen LogP contribution in [0, 0.1) is 0 Å². The molecule has 10 nitrogen and oxygen atoms in total. The Bertz CT molecular complexity index is 1910. The quantitative estimate of drug-likeness (QED) is 0.142. The summed E-state index contributed by atoms with van der Waals surface area (Å²) in [5, 5.41) is 6.08. The first-order valence-electron chi connectivity index (χ1n) is 16.1. The van der Waals surface area contributed by atoms with Crippen molar-refractivity contribution in [3.63, 3.8) is 0 Å². The van der Waals surface area contributed by atoms with Gasteiger partial charge in [0.2, 0.25) is 0 Å². The molecule has 2 amide bonds. The van der Waals surface area contributed by atoms with Gasteiger partial charge in [0, 0.05) is 47.4 Å². The van der Waals surface area contributed by atoms with Crippen molar-refractivity contribution in [1.82, 2.24) is 40.4 Å². The molecule has 0 unspecified atom stereocenters. The topological polar surface area (TPSA) is 122 Å². The first-order chi connectivity index (χ1) is 23.0. The third-order valence-corrected chi connectivity index (χ3v) is 8.17. The highest BCUT2D eigenvalue weighted by atomic mass is 16.2. The first kappa shape index (κ1) is 32.6. The number of aromatic nitrogens is 4. The van der Waals surface area contributed by atoms with Gasteiger partial charge in [-0.2, -0.15) is 0 Å². The summed E-state index contributed by atoms with van der Waals surface area (Å²) in [6.07, 6.45) is 0. The van der Waals surface area contributed by atoms with Gasteiger partial charge in [-0.15, -0.1) is 0 Å². The Hall–Kier alpha value is -5.32. The summed E-state index contributed by atoms with van der Waals surface area (Å²) in [6.45, 7) is 5.54. The van der Waals surface area contributed by atoms with E-state index in [1.807, 2.05) is 113 Å². The van der Waals surface area contributed by atoms with E-state index in [9.17, 15) is 9.59 Å². The molecular weight excluding hydrogens is 600 g/mol. The Kier molecular flexibility index (Phi) is 9.38. The van der Waals surface area contributed by atoms with Gasteiger partial charge in [-0.25, -0.2) is 9.97 Å². The maximum absolute atomic E-state index is 12.7. The summed E-state index contributed by atoms with van der Waals surface area (Å²) in [7, 11) is 7.95. The fourth-order valence-corrected chi connectivity index (χ4v) is 6.00. The number of nitrogens with one attached hydrogen (secondary N) is 4. The van der Waals surface area contributed by atoms with E-state index in [1.54, 1.807) is 0 Å². The highest BCUT2D eigenvalue weighted by Crippen LogP contribution is 2.29. The molecule has 6 rings (SSSR count). The number of rotatable bonds is 11. The zero-order valence-corrected chi connectivity index (χ0v) is 28.3. The number of nitrogens with zero attached hydrogens (tertiary/aromatic N) is 4. The predicted molar refractivity (Wildman–Crippen MR) is 193 cm³/mol. The van der Waals surface area contributed by atoms with Crippen LogP contribution in [0.3, 0.4) is 0 Å².